The van der Waals surface area contributed by atoms with Crippen LogP contribution in [0.2, 0.25) is 0 Å². The minimum Gasteiger partial charge on any atom is -0.353 e. The molecule has 100 valence electrons. The lowest BCUT2D eigenvalue weighted by molar-refractivity contribution is -0.129. The lowest BCUT2D eigenvalue weighted by atomic mass is 10.1. The van der Waals surface area contributed by atoms with Crippen molar-refractivity contribution < 1.29 is 4.79 Å². The number of rotatable bonds is 4. The fraction of sp³-hybridized carbons (Fsp3) is 0.750. The zero-order valence-corrected chi connectivity index (χ0v) is 11.3. The average Bonchev–Trinajstić information content (AvgIpc) is 2.71. The quantitative estimate of drug-likeness (QED) is 0.837. The molecule has 0 aliphatic carbocycles. The van der Waals surface area contributed by atoms with Crippen LogP contribution in [0.15, 0.2) is 0 Å². The van der Waals surface area contributed by atoms with Gasteiger partial charge in [-0.3, -0.25) is 9.69 Å². The fourth-order valence-electron chi connectivity index (χ4n) is 2.46. The predicted octanol–water partition coefficient (Wildman–Crippen LogP) is 0.317. The highest BCUT2D eigenvalue weighted by molar-refractivity contribution is 5.82. The summed E-state index contributed by atoms with van der Waals surface area (Å²) in [7, 11) is 0. The van der Waals surface area contributed by atoms with Gasteiger partial charge in [0, 0.05) is 26.2 Å². The van der Waals surface area contributed by atoms with Crippen molar-refractivity contribution in [3.05, 3.63) is 11.4 Å². The van der Waals surface area contributed by atoms with E-state index in [9.17, 15) is 4.79 Å². The van der Waals surface area contributed by atoms with Gasteiger partial charge in [-0.15, -0.1) is 5.10 Å². The second-order valence-electron chi connectivity index (χ2n) is 4.62. The normalized spacial score (nSPS) is 21.1. The second-order valence-corrected chi connectivity index (χ2v) is 4.62. The van der Waals surface area contributed by atoms with Crippen molar-refractivity contribution in [3.8, 4) is 0 Å². The summed E-state index contributed by atoms with van der Waals surface area (Å²) in [6.07, 6.45) is 0.832. The molecule has 0 radical (unpaired) electrons. The van der Waals surface area contributed by atoms with E-state index in [2.05, 4.69) is 27.5 Å². The van der Waals surface area contributed by atoms with Crippen molar-refractivity contribution in [2.24, 2.45) is 0 Å². The van der Waals surface area contributed by atoms with Crippen LogP contribution in [-0.4, -0.2) is 44.9 Å². The Morgan fingerprint density at radius 1 is 1.44 bits per heavy atom. The smallest absolute Gasteiger partial charge is 0.237 e. The molecular weight excluding hydrogens is 230 g/mol. The molecule has 1 aromatic rings. The topological polar surface area (TPSA) is 63.1 Å². The van der Waals surface area contributed by atoms with Gasteiger partial charge in [-0.25, -0.2) is 4.68 Å². The lowest BCUT2D eigenvalue weighted by Crippen LogP contribution is -2.54. The molecule has 0 spiro atoms. The number of carbonyl (C=O) groups is 1. The van der Waals surface area contributed by atoms with Crippen molar-refractivity contribution in [2.45, 2.75) is 46.3 Å². The number of piperazine rings is 1. The summed E-state index contributed by atoms with van der Waals surface area (Å²) in [6, 6.07) is -0.0293. The average molecular weight is 251 g/mol. The van der Waals surface area contributed by atoms with Crippen LogP contribution in [0.1, 0.15) is 31.7 Å². The molecule has 6 nitrogen and oxygen atoms in total. The Morgan fingerprint density at radius 3 is 2.89 bits per heavy atom. The van der Waals surface area contributed by atoms with E-state index in [1.807, 2.05) is 18.5 Å². The predicted molar refractivity (Wildman–Crippen MR) is 67.9 cm³/mol. The van der Waals surface area contributed by atoms with E-state index < -0.39 is 0 Å². The third-order valence-electron chi connectivity index (χ3n) is 3.51. The standard InChI is InChI=1S/C12H21N5O/c1-4-10-12(18)13-6-7-16(10)8-11-9(3)14-15-17(11)5-2/h10H,4-8H2,1-3H3,(H,13,18)/t10-/m0/s1. The Labute approximate surface area is 107 Å². The van der Waals surface area contributed by atoms with Gasteiger partial charge in [0.25, 0.3) is 0 Å². The molecule has 0 saturated carbocycles. The van der Waals surface area contributed by atoms with Crippen molar-refractivity contribution >= 4 is 5.91 Å². The van der Waals surface area contributed by atoms with E-state index in [0.29, 0.717) is 0 Å². The molecular formula is C12H21N5O. The van der Waals surface area contributed by atoms with Gasteiger partial charge in [-0.2, -0.15) is 0 Å². The minimum atomic E-state index is -0.0293. The molecule has 1 amide bonds. The van der Waals surface area contributed by atoms with Crippen LogP contribution in [0.4, 0.5) is 0 Å². The highest BCUT2D eigenvalue weighted by atomic mass is 16.2. The largest absolute Gasteiger partial charge is 0.353 e. The second kappa shape index (κ2) is 5.48. The van der Waals surface area contributed by atoms with Gasteiger partial charge in [0.05, 0.1) is 17.4 Å². The molecule has 1 aromatic heterocycles. The third-order valence-corrected chi connectivity index (χ3v) is 3.51. The first-order valence-corrected chi connectivity index (χ1v) is 6.58. The number of aromatic nitrogens is 3. The van der Waals surface area contributed by atoms with Gasteiger partial charge in [-0.1, -0.05) is 12.1 Å². The maximum atomic E-state index is 11.8. The summed E-state index contributed by atoms with van der Waals surface area (Å²) >= 11 is 0. The molecule has 0 bridgehead atoms. The summed E-state index contributed by atoms with van der Waals surface area (Å²) in [4.78, 5) is 14.0. The van der Waals surface area contributed by atoms with Crippen LogP contribution in [0.5, 0.6) is 0 Å². The Kier molecular flexibility index (Phi) is 3.96. The highest BCUT2D eigenvalue weighted by Crippen LogP contribution is 2.15. The number of hydrogen-bond donors (Lipinski definition) is 1. The molecule has 0 aromatic carbocycles. The Bertz CT molecular complexity index is 428. The summed E-state index contributed by atoms with van der Waals surface area (Å²) < 4.78 is 1.91. The number of aryl methyl sites for hydroxylation is 2. The van der Waals surface area contributed by atoms with Gasteiger partial charge in [0.1, 0.15) is 0 Å². The Balaban J connectivity index is 2.16. The van der Waals surface area contributed by atoms with E-state index in [1.54, 1.807) is 0 Å². The molecule has 1 fully saturated rings. The molecule has 1 aliphatic rings. The van der Waals surface area contributed by atoms with Crippen LogP contribution in [0.25, 0.3) is 0 Å². The third kappa shape index (κ3) is 2.38. The number of amides is 1. The van der Waals surface area contributed by atoms with Gasteiger partial charge >= 0.3 is 0 Å². The highest BCUT2D eigenvalue weighted by Gasteiger charge is 2.29. The van der Waals surface area contributed by atoms with Gasteiger partial charge in [0.2, 0.25) is 5.91 Å². The van der Waals surface area contributed by atoms with E-state index >= 15 is 0 Å². The fourth-order valence-corrected chi connectivity index (χ4v) is 2.46. The van der Waals surface area contributed by atoms with E-state index in [-0.39, 0.29) is 11.9 Å². The Morgan fingerprint density at radius 2 is 2.22 bits per heavy atom. The van der Waals surface area contributed by atoms with Crippen LogP contribution in [-0.2, 0) is 17.9 Å². The zero-order chi connectivity index (χ0) is 13.1. The monoisotopic (exact) mass is 251 g/mol. The van der Waals surface area contributed by atoms with Crippen molar-refractivity contribution in [1.29, 1.82) is 0 Å². The van der Waals surface area contributed by atoms with Crippen molar-refractivity contribution in [1.82, 2.24) is 25.2 Å². The first-order chi connectivity index (χ1) is 8.67. The van der Waals surface area contributed by atoms with E-state index in [4.69, 9.17) is 0 Å². The summed E-state index contributed by atoms with van der Waals surface area (Å²) in [5.74, 6) is 0.136. The molecule has 1 saturated heterocycles. The number of nitrogens with zero attached hydrogens (tertiary/aromatic N) is 4. The summed E-state index contributed by atoms with van der Waals surface area (Å²) in [5, 5.41) is 11.1. The SMILES string of the molecule is CC[C@H]1C(=O)NCCN1Cc1c(C)nnn1CC. The van der Waals surface area contributed by atoms with Crippen LogP contribution < -0.4 is 5.32 Å². The van der Waals surface area contributed by atoms with E-state index in [1.165, 1.54) is 0 Å². The lowest BCUT2D eigenvalue weighted by Gasteiger charge is -2.34. The number of hydrogen-bond acceptors (Lipinski definition) is 4. The molecule has 18 heavy (non-hydrogen) atoms. The van der Waals surface area contributed by atoms with Crippen LogP contribution in [0.3, 0.4) is 0 Å². The number of nitrogens with one attached hydrogen (secondary N) is 1. The maximum Gasteiger partial charge on any atom is 0.237 e. The summed E-state index contributed by atoms with van der Waals surface area (Å²) in [6.45, 7) is 9.24. The first-order valence-electron chi connectivity index (χ1n) is 6.58. The molecule has 2 rings (SSSR count). The van der Waals surface area contributed by atoms with Gasteiger partial charge < -0.3 is 5.32 Å². The molecule has 0 unspecified atom stereocenters. The zero-order valence-electron chi connectivity index (χ0n) is 11.3. The molecule has 1 aliphatic heterocycles. The number of carbonyl (C=O) groups excluding carboxylic acids is 1. The molecule has 2 heterocycles. The maximum absolute atomic E-state index is 11.8. The molecule has 6 heteroatoms. The molecule has 1 atom stereocenters. The first kappa shape index (κ1) is 13.0. The van der Waals surface area contributed by atoms with Crippen LogP contribution >= 0.6 is 0 Å². The van der Waals surface area contributed by atoms with Crippen LogP contribution in [0, 0.1) is 6.92 Å². The minimum absolute atomic E-state index is 0.0293. The van der Waals surface area contributed by atoms with Gasteiger partial charge in [0.15, 0.2) is 0 Å². The molecule has 1 N–H and O–H groups in total. The Hall–Kier alpha value is -1.43. The van der Waals surface area contributed by atoms with Crippen molar-refractivity contribution in [2.75, 3.05) is 13.1 Å². The van der Waals surface area contributed by atoms with E-state index in [0.717, 1.165) is 44.0 Å². The van der Waals surface area contributed by atoms with Crippen molar-refractivity contribution in [3.63, 3.8) is 0 Å². The summed E-state index contributed by atoms with van der Waals surface area (Å²) in [5.41, 5.74) is 2.07. The van der Waals surface area contributed by atoms with Gasteiger partial charge in [-0.05, 0) is 20.3 Å².